The molecule has 3 heterocycles. The lowest BCUT2D eigenvalue weighted by atomic mass is 9.84. The number of pyridine rings is 2. The largest absolute Gasteiger partial charge is 0.456 e. The van der Waals surface area contributed by atoms with Crippen molar-refractivity contribution in [2.45, 2.75) is 0 Å². The van der Waals surface area contributed by atoms with Gasteiger partial charge in [0.1, 0.15) is 11.2 Å². The molecule has 51 heavy (non-hydrogen) atoms. The Labute approximate surface area is 302 Å². The molecule has 3 heteroatoms. The standard InChI is InChI=1S/C48H30N2O/c1-3-9-31(10-4-1)35-15-19-39-42-27-36(18-22-45(42)51-46(39)28-35)48-41-21-17-33(37-13-7-23-49-29-37)25-43(41)47(32-11-5-2-6-12-32)40-20-16-34(26-44(40)48)38-14-8-24-50-30-38/h1-30H/i1D,3D,4D,9D,10D. The van der Waals surface area contributed by atoms with Gasteiger partial charge in [0.2, 0.25) is 0 Å². The lowest BCUT2D eigenvalue weighted by Crippen LogP contribution is -1.93. The van der Waals surface area contributed by atoms with Crippen molar-refractivity contribution in [1.82, 2.24) is 9.97 Å². The first-order chi connectivity index (χ1) is 27.4. The highest BCUT2D eigenvalue weighted by Crippen LogP contribution is 2.47. The monoisotopic (exact) mass is 655 g/mol. The van der Waals surface area contributed by atoms with Crippen molar-refractivity contribution in [1.29, 1.82) is 0 Å². The van der Waals surface area contributed by atoms with Crippen LogP contribution in [-0.2, 0) is 0 Å². The zero-order valence-electron chi connectivity index (χ0n) is 32.2. The van der Waals surface area contributed by atoms with Gasteiger partial charge in [-0.2, -0.15) is 0 Å². The van der Waals surface area contributed by atoms with Gasteiger partial charge in [-0.05, 0) is 115 Å². The summed E-state index contributed by atoms with van der Waals surface area (Å²) in [6.07, 6.45) is 7.36. The number of nitrogens with zero attached hydrogens (tertiary/aromatic N) is 2. The summed E-state index contributed by atoms with van der Waals surface area (Å²) in [5, 5.41) is 6.21. The van der Waals surface area contributed by atoms with Crippen molar-refractivity contribution in [2.75, 3.05) is 0 Å². The summed E-state index contributed by atoms with van der Waals surface area (Å²) in [6.45, 7) is 0. The number of hydrogen-bond donors (Lipinski definition) is 0. The van der Waals surface area contributed by atoms with E-state index in [4.69, 9.17) is 11.3 Å². The first-order valence-corrected chi connectivity index (χ1v) is 16.8. The fraction of sp³-hybridized carbons (Fsp3) is 0. The molecule has 0 radical (unpaired) electrons. The third kappa shape index (κ3) is 4.98. The maximum Gasteiger partial charge on any atom is 0.136 e. The van der Waals surface area contributed by atoms with Crippen molar-refractivity contribution >= 4 is 43.5 Å². The van der Waals surface area contributed by atoms with E-state index in [1.807, 2.05) is 42.7 Å². The Balaban J connectivity index is 1.25. The number of furan rings is 1. The normalized spacial score (nSPS) is 12.9. The molecule has 3 aromatic heterocycles. The molecule has 3 nitrogen and oxygen atoms in total. The van der Waals surface area contributed by atoms with Crippen LogP contribution in [0, 0.1) is 0 Å². The highest BCUT2D eigenvalue weighted by Gasteiger charge is 2.20. The van der Waals surface area contributed by atoms with E-state index in [1.165, 1.54) is 0 Å². The van der Waals surface area contributed by atoms with E-state index in [0.717, 1.165) is 76.8 Å². The van der Waals surface area contributed by atoms with E-state index in [1.54, 1.807) is 24.5 Å². The summed E-state index contributed by atoms with van der Waals surface area (Å²) >= 11 is 0. The summed E-state index contributed by atoms with van der Waals surface area (Å²) in [5.74, 6) is 0. The van der Waals surface area contributed by atoms with Crippen molar-refractivity contribution in [3.8, 4) is 55.6 Å². The molecule has 10 aromatic rings. The SMILES string of the molecule is [2H]c1c([2H])c([2H])c(-c2ccc3c(c2)oc2ccc(-c4c5ccc(-c6cccnc6)cc5c(-c5ccccc5)c5ccc(-c6cccnc6)cc45)cc23)c([2H])c1[2H]. The van der Waals surface area contributed by atoms with Crippen LogP contribution in [0.4, 0.5) is 0 Å². The summed E-state index contributed by atoms with van der Waals surface area (Å²) in [4.78, 5) is 8.83. The molecule has 0 aliphatic rings. The molecule has 0 unspecified atom stereocenters. The molecule has 238 valence electrons. The third-order valence-corrected chi connectivity index (χ3v) is 9.72. The van der Waals surface area contributed by atoms with Crippen molar-refractivity contribution in [2.24, 2.45) is 0 Å². The van der Waals surface area contributed by atoms with Gasteiger partial charge in [0.05, 0.1) is 6.85 Å². The Morgan fingerprint density at radius 2 is 0.922 bits per heavy atom. The van der Waals surface area contributed by atoms with E-state index < -0.39 is 6.04 Å². The number of benzene rings is 7. The van der Waals surface area contributed by atoms with Gasteiger partial charge in [0.15, 0.2) is 0 Å². The smallest absolute Gasteiger partial charge is 0.136 e. The molecular formula is C48H30N2O. The Kier molecular flexibility index (Phi) is 5.69. The van der Waals surface area contributed by atoms with Crippen molar-refractivity contribution in [3.05, 3.63) is 182 Å². The van der Waals surface area contributed by atoms with Crippen LogP contribution >= 0.6 is 0 Å². The van der Waals surface area contributed by atoms with E-state index in [9.17, 15) is 0 Å². The minimum absolute atomic E-state index is 0.144. The van der Waals surface area contributed by atoms with E-state index in [0.29, 0.717) is 16.7 Å². The maximum atomic E-state index is 8.54. The first-order valence-electron chi connectivity index (χ1n) is 19.3. The minimum Gasteiger partial charge on any atom is -0.456 e. The molecule has 0 N–H and O–H groups in total. The van der Waals surface area contributed by atoms with Gasteiger partial charge in [-0.15, -0.1) is 0 Å². The van der Waals surface area contributed by atoms with Crippen LogP contribution < -0.4 is 0 Å². The zero-order valence-corrected chi connectivity index (χ0v) is 27.2. The molecule has 0 saturated carbocycles. The van der Waals surface area contributed by atoms with Crippen LogP contribution in [0.2, 0.25) is 0 Å². The molecule has 0 aliphatic heterocycles. The Morgan fingerprint density at radius 1 is 0.373 bits per heavy atom. The molecule has 0 fully saturated rings. The Bertz CT molecular complexity index is 3160. The number of aromatic nitrogens is 2. The highest BCUT2D eigenvalue weighted by atomic mass is 16.3. The molecule has 0 amide bonds. The van der Waals surface area contributed by atoms with Crippen molar-refractivity contribution in [3.63, 3.8) is 0 Å². The van der Waals surface area contributed by atoms with Gasteiger partial charge in [-0.3, -0.25) is 9.97 Å². The van der Waals surface area contributed by atoms with Gasteiger partial charge < -0.3 is 4.42 Å². The third-order valence-electron chi connectivity index (χ3n) is 9.72. The molecule has 0 spiro atoms. The van der Waals surface area contributed by atoms with Crippen LogP contribution in [0.1, 0.15) is 6.85 Å². The Hall–Kier alpha value is -6.84. The van der Waals surface area contributed by atoms with Gasteiger partial charge in [0, 0.05) is 46.7 Å². The van der Waals surface area contributed by atoms with Crippen LogP contribution in [-0.4, -0.2) is 9.97 Å². The highest BCUT2D eigenvalue weighted by molar-refractivity contribution is 6.23. The average molecular weight is 656 g/mol. The molecular weight excluding hydrogens is 621 g/mol. The molecule has 10 rings (SSSR count). The molecule has 7 aromatic carbocycles. The van der Waals surface area contributed by atoms with E-state index in [-0.39, 0.29) is 29.7 Å². The lowest BCUT2D eigenvalue weighted by molar-refractivity contribution is 0.669. The van der Waals surface area contributed by atoms with Gasteiger partial charge in [-0.1, -0.05) is 109 Å². The summed E-state index contributed by atoms with van der Waals surface area (Å²) < 4.78 is 47.9. The van der Waals surface area contributed by atoms with E-state index in [2.05, 4.69) is 94.9 Å². The number of hydrogen-bond acceptors (Lipinski definition) is 3. The summed E-state index contributed by atoms with van der Waals surface area (Å²) in [5.41, 5.74) is 10.5. The predicted molar refractivity (Wildman–Crippen MR) is 212 cm³/mol. The quantitative estimate of drug-likeness (QED) is 0.173. The van der Waals surface area contributed by atoms with Crippen LogP contribution in [0.25, 0.3) is 99.1 Å². The molecule has 0 saturated heterocycles. The van der Waals surface area contributed by atoms with Crippen LogP contribution in [0.3, 0.4) is 0 Å². The fourth-order valence-corrected chi connectivity index (χ4v) is 7.36. The van der Waals surface area contributed by atoms with Crippen LogP contribution in [0.5, 0.6) is 0 Å². The first kappa shape index (κ1) is 24.3. The van der Waals surface area contributed by atoms with E-state index >= 15 is 0 Å². The minimum atomic E-state index is -0.418. The van der Waals surface area contributed by atoms with Gasteiger partial charge in [0.25, 0.3) is 0 Å². The number of fused-ring (bicyclic) bond motifs is 5. The van der Waals surface area contributed by atoms with Crippen LogP contribution in [0.15, 0.2) is 187 Å². The second-order valence-electron chi connectivity index (χ2n) is 12.6. The fourth-order valence-electron chi connectivity index (χ4n) is 7.36. The predicted octanol–water partition coefficient (Wildman–Crippen LogP) is 13.0. The summed E-state index contributed by atoms with van der Waals surface area (Å²) in [7, 11) is 0. The molecule has 0 atom stereocenters. The Morgan fingerprint density at radius 3 is 1.55 bits per heavy atom. The van der Waals surface area contributed by atoms with Gasteiger partial charge in [-0.25, -0.2) is 0 Å². The van der Waals surface area contributed by atoms with Gasteiger partial charge >= 0.3 is 0 Å². The average Bonchev–Trinajstić information content (AvgIpc) is 3.62. The second-order valence-corrected chi connectivity index (χ2v) is 12.6. The number of rotatable bonds is 5. The maximum absolute atomic E-state index is 8.54. The second kappa shape index (κ2) is 11.9. The summed E-state index contributed by atoms with van der Waals surface area (Å²) in [6, 6.07) is 42.1. The molecule has 0 aliphatic carbocycles. The lowest BCUT2D eigenvalue weighted by Gasteiger charge is -2.19. The van der Waals surface area contributed by atoms with Crippen molar-refractivity contribution < 1.29 is 11.3 Å². The zero-order chi connectivity index (χ0) is 38.1. The topological polar surface area (TPSA) is 38.9 Å². The molecule has 0 bridgehead atoms.